The fraction of sp³-hybridized carbons (Fsp3) is 0.917. The van der Waals surface area contributed by atoms with Gasteiger partial charge in [0.15, 0.2) is 0 Å². The van der Waals surface area contributed by atoms with E-state index in [0.29, 0.717) is 6.61 Å². The molecule has 94 valence electrons. The van der Waals surface area contributed by atoms with Crippen molar-refractivity contribution in [3.8, 4) is 0 Å². The van der Waals surface area contributed by atoms with Crippen molar-refractivity contribution in [2.75, 3.05) is 26.8 Å². The molecule has 4 nitrogen and oxygen atoms in total. The van der Waals surface area contributed by atoms with E-state index in [9.17, 15) is 4.79 Å². The number of carbonyl (C=O) groups excluding carboxylic acids is 1. The minimum Gasteiger partial charge on any atom is -0.383 e. The summed E-state index contributed by atoms with van der Waals surface area (Å²) in [5, 5.41) is 3.31. The van der Waals surface area contributed by atoms with E-state index in [1.54, 1.807) is 7.11 Å². The van der Waals surface area contributed by atoms with Gasteiger partial charge in [-0.05, 0) is 40.2 Å². The van der Waals surface area contributed by atoms with Crippen LogP contribution in [0.4, 0.5) is 0 Å². The summed E-state index contributed by atoms with van der Waals surface area (Å²) in [6.45, 7) is 8.32. The molecule has 0 aromatic carbocycles. The second kappa shape index (κ2) is 5.64. The van der Waals surface area contributed by atoms with Crippen LogP contribution in [0.15, 0.2) is 0 Å². The molecular weight excluding hydrogens is 204 g/mol. The van der Waals surface area contributed by atoms with Crippen LogP contribution < -0.4 is 5.32 Å². The minimum absolute atomic E-state index is 0.140. The molecule has 0 radical (unpaired) electrons. The Hall–Kier alpha value is -0.610. The molecule has 1 aliphatic heterocycles. The molecule has 1 aliphatic rings. The number of rotatable bonds is 5. The quantitative estimate of drug-likeness (QED) is 0.763. The first-order chi connectivity index (χ1) is 7.55. The molecule has 4 heteroatoms. The molecule has 1 heterocycles. The molecule has 0 bridgehead atoms. The zero-order valence-electron chi connectivity index (χ0n) is 10.9. The first kappa shape index (κ1) is 13.5. The second-order valence-corrected chi connectivity index (χ2v) is 4.76. The lowest BCUT2D eigenvalue weighted by Crippen LogP contribution is -2.55. The summed E-state index contributed by atoms with van der Waals surface area (Å²) < 4.78 is 5.12. The highest BCUT2D eigenvalue weighted by atomic mass is 16.5. The maximum atomic E-state index is 12.4. The molecule has 0 spiro atoms. The second-order valence-electron chi connectivity index (χ2n) is 4.76. The Labute approximate surface area is 98.3 Å². The van der Waals surface area contributed by atoms with E-state index in [1.165, 1.54) is 0 Å². The van der Waals surface area contributed by atoms with Crippen molar-refractivity contribution in [3.63, 3.8) is 0 Å². The smallest absolute Gasteiger partial charge is 0.242 e. The van der Waals surface area contributed by atoms with Gasteiger partial charge in [0.25, 0.3) is 0 Å². The summed E-state index contributed by atoms with van der Waals surface area (Å²) in [7, 11) is 1.67. The van der Waals surface area contributed by atoms with Crippen LogP contribution in [-0.4, -0.2) is 49.2 Å². The fourth-order valence-electron chi connectivity index (χ4n) is 2.38. The predicted molar refractivity (Wildman–Crippen MR) is 64.4 cm³/mol. The topological polar surface area (TPSA) is 41.6 Å². The monoisotopic (exact) mass is 228 g/mol. The van der Waals surface area contributed by atoms with Crippen LogP contribution in [0.2, 0.25) is 0 Å². The molecule has 0 aromatic heterocycles. The van der Waals surface area contributed by atoms with Crippen molar-refractivity contribution in [2.24, 2.45) is 0 Å². The van der Waals surface area contributed by atoms with Crippen molar-refractivity contribution in [3.05, 3.63) is 0 Å². The minimum atomic E-state index is -0.363. The number of methoxy groups -OCH3 is 1. The van der Waals surface area contributed by atoms with Crippen molar-refractivity contribution >= 4 is 5.91 Å². The lowest BCUT2D eigenvalue weighted by Gasteiger charge is -2.35. The van der Waals surface area contributed by atoms with Crippen LogP contribution in [0.1, 0.15) is 33.6 Å². The number of likely N-dealkylation sites (N-methyl/N-ethyl adjacent to an activating group) is 1. The van der Waals surface area contributed by atoms with E-state index in [0.717, 1.165) is 25.9 Å². The summed E-state index contributed by atoms with van der Waals surface area (Å²) in [6, 6.07) is 0.140. The lowest BCUT2D eigenvalue weighted by molar-refractivity contribution is -0.140. The summed E-state index contributed by atoms with van der Waals surface area (Å²) in [5.41, 5.74) is -0.363. The number of ether oxygens (including phenoxy) is 1. The van der Waals surface area contributed by atoms with Gasteiger partial charge in [0.2, 0.25) is 5.91 Å². The number of carbonyl (C=O) groups is 1. The van der Waals surface area contributed by atoms with Gasteiger partial charge in [0, 0.05) is 13.7 Å². The molecule has 1 saturated heterocycles. The molecule has 1 amide bonds. The molecule has 0 saturated carbocycles. The Morgan fingerprint density at radius 1 is 1.62 bits per heavy atom. The molecule has 1 rings (SSSR count). The third-order valence-corrected chi connectivity index (χ3v) is 3.38. The van der Waals surface area contributed by atoms with E-state index < -0.39 is 0 Å². The van der Waals surface area contributed by atoms with Crippen LogP contribution in [0.3, 0.4) is 0 Å². The average Bonchev–Trinajstić information content (AvgIpc) is 2.68. The van der Waals surface area contributed by atoms with Crippen LogP contribution >= 0.6 is 0 Å². The third-order valence-electron chi connectivity index (χ3n) is 3.38. The van der Waals surface area contributed by atoms with Gasteiger partial charge >= 0.3 is 0 Å². The van der Waals surface area contributed by atoms with E-state index >= 15 is 0 Å². The van der Waals surface area contributed by atoms with Gasteiger partial charge in [-0.1, -0.05) is 0 Å². The predicted octanol–water partition coefficient (Wildman–Crippen LogP) is 1.01. The molecule has 1 N–H and O–H groups in total. The Bertz CT molecular complexity index is 237. The van der Waals surface area contributed by atoms with E-state index in [2.05, 4.69) is 5.32 Å². The Morgan fingerprint density at radius 3 is 2.75 bits per heavy atom. The number of nitrogens with one attached hydrogen (secondary N) is 1. The zero-order valence-corrected chi connectivity index (χ0v) is 10.9. The lowest BCUT2D eigenvalue weighted by atomic mass is 9.97. The fourth-order valence-corrected chi connectivity index (χ4v) is 2.38. The maximum Gasteiger partial charge on any atom is 0.242 e. The van der Waals surface area contributed by atoms with Crippen molar-refractivity contribution in [1.29, 1.82) is 0 Å². The Balaban J connectivity index is 2.68. The van der Waals surface area contributed by atoms with Gasteiger partial charge < -0.3 is 15.0 Å². The van der Waals surface area contributed by atoms with Gasteiger partial charge in [-0.2, -0.15) is 0 Å². The Kier molecular flexibility index (Phi) is 4.74. The average molecular weight is 228 g/mol. The van der Waals surface area contributed by atoms with Gasteiger partial charge in [-0.15, -0.1) is 0 Å². The molecule has 0 aromatic rings. The molecule has 1 fully saturated rings. The van der Waals surface area contributed by atoms with Crippen LogP contribution in [0.25, 0.3) is 0 Å². The molecular formula is C12H24N2O2. The van der Waals surface area contributed by atoms with Crippen LogP contribution in [0.5, 0.6) is 0 Å². The van der Waals surface area contributed by atoms with Gasteiger partial charge in [-0.25, -0.2) is 0 Å². The normalized spacial score (nSPS) is 26.8. The van der Waals surface area contributed by atoms with Gasteiger partial charge in [0.05, 0.1) is 18.2 Å². The first-order valence-corrected chi connectivity index (χ1v) is 6.10. The van der Waals surface area contributed by atoms with E-state index in [-0.39, 0.29) is 17.5 Å². The number of nitrogens with zero attached hydrogens (tertiary/aromatic N) is 1. The molecule has 2 unspecified atom stereocenters. The highest BCUT2D eigenvalue weighted by Crippen LogP contribution is 2.22. The van der Waals surface area contributed by atoms with Gasteiger partial charge in [-0.3, -0.25) is 4.79 Å². The number of amides is 1. The van der Waals surface area contributed by atoms with E-state index in [4.69, 9.17) is 4.74 Å². The highest BCUT2D eigenvalue weighted by Gasteiger charge is 2.39. The zero-order chi connectivity index (χ0) is 12.2. The first-order valence-electron chi connectivity index (χ1n) is 6.10. The van der Waals surface area contributed by atoms with E-state index in [1.807, 2.05) is 25.7 Å². The third kappa shape index (κ3) is 2.74. The summed E-state index contributed by atoms with van der Waals surface area (Å²) in [6.07, 6.45) is 2.01. The van der Waals surface area contributed by atoms with Gasteiger partial charge in [0.1, 0.15) is 0 Å². The molecule has 2 atom stereocenters. The number of hydrogen-bond donors (Lipinski definition) is 1. The van der Waals surface area contributed by atoms with Crippen molar-refractivity contribution in [1.82, 2.24) is 10.2 Å². The molecule has 0 aliphatic carbocycles. The highest BCUT2D eigenvalue weighted by molar-refractivity contribution is 5.86. The summed E-state index contributed by atoms with van der Waals surface area (Å²) >= 11 is 0. The summed E-state index contributed by atoms with van der Waals surface area (Å²) in [5.74, 6) is 0.206. The summed E-state index contributed by atoms with van der Waals surface area (Å²) in [4.78, 5) is 14.3. The SMILES string of the molecule is CCN(C(=O)C1(C)CCCN1)C(C)COC. The maximum absolute atomic E-state index is 12.4. The molecule has 16 heavy (non-hydrogen) atoms. The van der Waals surface area contributed by atoms with Crippen LogP contribution in [0, 0.1) is 0 Å². The Morgan fingerprint density at radius 2 is 2.31 bits per heavy atom. The van der Waals surface area contributed by atoms with Crippen LogP contribution in [-0.2, 0) is 9.53 Å². The largest absolute Gasteiger partial charge is 0.383 e. The standard InChI is InChI=1S/C12H24N2O2/c1-5-14(10(2)9-16-4)11(15)12(3)7-6-8-13-12/h10,13H,5-9H2,1-4H3. The van der Waals surface area contributed by atoms with Crippen molar-refractivity contribution < 1.29 is 9.53 Å². The number of hydrogen-bond acceptors (Lipinski definition) is 3. The van der Waals surface area contributed by atoms with Crippen molar-refractivity contribution in [2.45, 2.75) is 45.2 Å².